The second kappa shape index (κ2) is 7.46. The van der Waals surface area contributed by atoms with Crippen LogP contribution in [0.4, 0.5) is 0 Å². The van der Waals surface area contributed by atoms with Gasteiger partial charge in [0, 0.05) is 11.1 Å². The van der Waals surface area contributed by atoms with E-state index in [4.69, 9.17) is 33.0 Å². The second-order valence-corrected chi connectivity index (χ2v) is 6.83. The van der Waals surface area contributed by atoms with Crippen LogP contribution >= 0.6 is 23.2 Å². The molecule has 1 N–H and O–H groups in total. The number of carbonyl (C=O) groups is 2. The number of carboxylic acid groups (broad SMARTS) is 1. The minimum atomic E-state index is -0.773. The van der Waals surface area contributed by atoms with Crippen molar-refractivity contribution in [2.24, 2.45) is 5.92 Å². The summed E-state index contributed by atoms with van der Waals surface area (Å²) < 4.78 is 5.82. The van der Waals surface area contributed by atoms with Crippen molar-refractivity contribution >= 4 is 35.0 Å². The molecule has 2 atom stereocenters. The summed E-state index contributed by atoms with van der Waals surface area (Å²) in [5, 5.41) is 9.60. The maximum Gasteiger partial charge on any atom is 0.306 e. The summed E-state index contributed by atoms with van der Waals surface area (Å²) in [5.41, 5.74) is 0.828. The Morgan fingerprint density at radius 1 is 1.04 bits per heavy atom. The number of ether oxygens (including phenoxy) is 1. The van der Waals surface area contributed by atoms with Crippen molar-refractivity contribution in [3.63, 3.8) is 0 Å². The van der Waals surface area contributed by atoms with Gasteiger partial charge in [-0.15, -0.1) is 0 Å². The molecule has 0 aromatic heterocycles. The Hall–Kier alpha value is -2.04. The largest absolute Gasteiger partial charge is 0.490 e. The average molecular weight is 379 g/mol. The number of aliphatic carboxylic acids is 1. The van der Waals surface area contributed by atoms with Gasteiger partial charge in [0.25, 0.3) is 0 Å². The van der Waals surface area contributed by atoms with Crippen LogP contribution in [0.5, 0.6) is 5.75 Å². The minimum absolute atomic E-state index is 0.106. The molecule has 0 radical (unpaired) electrons. The zero-order valence-electron chi connectivity index (χ0n) is 13.2. The molecule has 0 heterocycles. The molecule has 2 aromatic rings. The third-order valence-electron chi connectivity index (χ3n) is 4.35. The standard InChI is InChI=1S/C19H16Cl2O4/c20-16-3-1-2-15(17(16)21)18(22)11-4-7-13(8-5-11)25-14-9-6-12(10-14)19(23)24/h1-5,7-8,12,14H,6,9-10H2,(H,23,24)/t12-,14-/m0/s1. The SMILES string of the molecule is O=C(c1ccc(O[C@H]2CC[C@H](C(=O)O)C2)cc1)c1cccc(Cl)c1Cl. The molecule has 0 amide bonds. The van der Waals surface area contributed by atoms with Crippen LogP contribution in [-0.2, 0) is 4.79 Å². The first-order valence-corrected chi connectivity index (χ1v) is 8.69. The number of carboxylic acids is 1. The van der Waals surface area contributed by atoms with E-state index in [0.717, 1.165) is 6.42 Å². The maximum absolute atomic E-state index is 12.5. The molecule has 0 bridgehead atoms. The van der Waals surface area contributed by atoms with E-state index < -0.39 is 5.97 Å². The normalized spacial score (nSPS) is 19.6. The average Bonchev–Trinajstić information content (AvgIpc) is 3.06. The van der Waals surface area contributed by atoms with Crippen LogP contribution < -0.4 is 4.74 Å². The molecule has 1 fully saturated rings. The Morgan fingerprint density at radius 3 is 2.40 bits per heavy atom. The Kier molecular flexibility index (Phi) is 5.30. The van der Waals surface area contributed by atoms with Gasteiger partial charge in [-0.25, -0.2) is 0 Å². The Balaban J connectivity index is 1.69. The van der Waals surface area contributed by atoms with Gasteiger partial charge in [0.05, 0.1) is 22.1 Å². The molecule has 3 rings (SSSR count). The fourth-order valence-corrected chi connectivity index (χ4v) is 3.37. The zero-order valence-corrected chi connectivity index (χ0v) is 14.8. The van der Waals surface area contributed by atoms with Gasteiger partial charge in [-0.05, 0) is 55.7 Å². The monoisotopic (exact) mass is 378 g/mol. The van der Waals surface area contributed by atoms with Crippen LogP contribution in [0.25, 0.3) is 0 Å². The molecule has 0 spiro atoms. The number of carbonyl (C=O) groups excluding carboxylic acids is 1. The van der Waals surface area contributed by atoms with Crippen molar-refractivity contribution < 1.29 is 19.4 Å². The van der Waals surface area contributed by atoms with Gasteiger partial charge in [-0.3, -0.25) is 9.59 Å². The van der Waals surface area contributed by atoms with Crippen molar-refractivity contribution in [3.05, 3.63) is 63.6 Å². The Bertz CT molecular complexity index is 802. The van der Waals surface area contributed by atoms with Gasteiger partial charge in [0.1, 0.15) is 5.75 Å². The van der Waals surface area contributed by atoms with E-state index >= 15 is 0 Å². The lowest BCUT2D eigenvalue weighted by Crippen LogP contribution is -2.15. The van der Waals surface area contributed by atoms with Crippen molar-refractivity contribution in [2.45, 2.75) is 25.4 Å². The van der Waals surface area contributed by atoms with Gasteiger partial charge in [-0.1, -0.05) is 29.3 Å². The number of ketones is 1. The fraction of sp³-hybridized carbons (Fsp3) is 0.263. The van der Waals surface area contributed by atoms with Crippen molar-refractivity contribution in [2.75, 3.05) is 0 Å². The minimum Gasteiger partial charge on any atom is -0.490 e. The number of hydrogen-bond donors (Lipinski definition) is 1. The smallest absolute Gasteiger partial charge is 0.306 e. The van der Waals surface area contributed by atoms with Crippen LogP contribution in [0.15, 0.2) is 42.5 Å². The van der Waals surface area contributed by atoms with Crippen LogP contribution in [0.3, 0.4) is 0 Å². The molecule has 4 nitrogen and oxygen atoms in total. The highest BCUT2D eigenvalue weighted by Crippen LogP contribution is 2.30. The van der Waals surface area contributed by atoms with E-state index in [0.29, 0.717) is 34.7 Å². The molecular formula is C19H16Cl2O4. The summed E-state index contributed by atoms with van der Waals surface area (Å²) in [5.74, 6) is -0.711. The molecule has 130 valence electrons. The number of benzene rings is 2. The molecular weight excluding hydrogens is 363 g/mol. The lowest BCUT2D eigenvalue weighted by Gasteiger charge is -2.14. The van der Waals surface area contributed by atoms with E-state index in [1.54, 1.807) is 42.5 Å². The van der Waals surface area contributed by atoms with Crippen LogP contribution in [0, 0.1) is 5.92 Å². The van der Waals surface area contributed by atoms with Crippen molar-refractivity contribution in [1.29, 1.82) is 0 Å². The maximum atomic E-state index is 12.5. The highest BCUT2D eigenvalue weighted by Gasteiger charge is 2.31. The van der Waals surface area contributed by atoms with Gasteiger partial charge in [0.15, 0.2) is 5.78 Å². The number of halogens is 2. The molecule has 1 aliphatic carbocycles. The quantitative estimate of drug-likeness (QED) is 0.754. The first-order chi connectivity index (χ1) is 12.0. The van der Waals surface area contributed by atoms with Crippen molar-refractivity contribution in [3.8, 4) is 5.75 Å². The predicted octanol–water partition coefficient (Wildman–Crippen LogP) is 4.86. The van der Waals surface area contributed by atoms with Gasteiger partial charge < -0.3 is 9.84 Å². The molecule has 2 aromatic carbocycles. The predicted molar refractivity (Wildman–Crippen MR) is 95.7 cm³/mol. The topological polar surface area (TPSA) is 63.6 Å². The van der Waals surface area contributed by atoms with Crippen LogP contribution in [0.2, 0.25) is 10.0 Å². The first-order valence-electron chi connectivity index (χ1n) is 7.94. The summed E-state index contributed by atoms with van der Waals surface area (Å²) in [6.07, 6.45) is 1.75. The van der Waals surface area contributed by atoms with Crippen molar-refractivity contribution in [1.82, 2.24) is 0 Å². The van der Waals surface area contributed by atoms with E-state index in [2.05, 4.69) is 0 Å². The molecule has 25 heavy (non-hydrogen) atoms. The Labute approximate surface area is 155 Å². The first kappa shape index (κ1) is 17.8. The van der Waals surface area contributed by atoms with Gasteiger partial charge in [-0.2, -0.15) is 0 Å². The third-order valence-corrected chi connectivity index (χ3v) is 5.17. The third kappa shape index (κ3) is 3.97. The van der Waals surface area contributed by atoms with Crippen LogP contribution in [-0.4, -0.2) is 23.0 Å². The second-order valence-electron chi connectivity index (χ2n) is 6.04. The van der Waals surface area contributed by atoms with E-state index in [-0.39, 0.29) is 22.8 Å². The number of hydrogen-bond acceptors (Lipinski definition) is 3. The molecule has 6 heteroatoms. The molecule has 0 aliphatic heterocycles. The van der Waals surface area contributed by atoms with E-state index in [1.807, 2.05) is 0 Å². The lowest BCUT2D eigenvalue weighted by atomic mass is 10.0. The summed E-state index contributed by atoms with van der Waals surface area (Å²) >= 11 is 12.1. The molecule has 1 saturated carbocycles. The summed E-state index contributed by atoms with van der Waals surface area (Å²) in [6, 6.07) is 11.7. The van der Waals surface area contributed by atoms with E-state index in [1.165, 1.54) is 0 Å². The highest BCUT2D eigenvalue weighted by atomic mass is 35.5. The summed E-state index contributed by atoms with van der Waals surface area (Å²) in [4.78, 5) is 23.5. The van der Waals surface area contributed by atoms with Gasteiger partial charge in [0.2, 0.25) is 0 Å². The Morgan fingerprint density at radius 2 is 1.76 bits per heavy atom. The van der Waals surface area contributed by atoms with Crippen LogP contribution in [0.1, 0.15) is 35.2 Å². The molecule has 0 unspecified atom stereocenters. The zero-order chi connectivity index (χ0) is 18.0. The molecule has 0 saturated heterocycles. The van der Waals surface area contributed by atoms with Gasteiger partial charge >= 0.3 is 5.97 Å². The fourth-order valence-electron chi connectivity index (χ4n) is 2.98. The number of rotatable bonds is 5. The molecule has 1 aliphatic rings. The highest BCUT2D eigenvalue weighted by molar-refractivity contribution is 6.44. The summed E-state index contributed by atoms with van der Waals surface area (Å²) in [7, 11) is 0. The van der Waals surface area contributed by atoms with E-state index in [9.17, 15) is 9.59 Å². The summed E-state index contributed by atoms with van der Waals surface area (Å²) in [6.45, 7) is 0. The lowest BCUT2D eigenvalue weighted by molar-refractivity contribution is -0.141.